The molecule has 0 unspecified atom stereocenters. The number of rotatable bonds is 10. The quantitative estimate of drug-likeness (QED) is 0.216. The van der Waals surface area contributed by atoms with Crippen molar-refractivity contribution in [3.8, 4) is 16.9 Å². The van der Waals surface area contributed by atoms with Crippen LogP contribution in [-0.4, -0.2) is 41.4 Å². The summed E-state index contributed by atoms with van der Waals surface area (Å²) in [7, 11) is -4.05. The lowest BCUT2D eigenvalue weighted by Gasteiger charge is -2.22. The van der Waals surface area contributed by atoms with Crippen molar-refractivity contribution < 1.29 is 13.2 Å². The fourth-order valence-electron chi connectivity index (χ4n) is 4.91. The SMILES string of the molecule is CCCCN(CC(=O)c1c(-c2ccccc2)[nH]n(-c2ccccc2C)c1=O)S(=O)(=O)c1cccc2ccccc12. The van der Waals surface area contributed by atoms with Crippen molar-refractivity contribution in [2.45, 2.75) is 31.6 Å². The third-order valence-electron chi connectivity index (χ3n) is 7.04. The van der Waals surface area contributed by atoms with Gasteiger partial charge in [-0.05, 0) is 36.4 Å². The standard InChI is InChI=1S/C32H31N3O4S/c1-3-4-21-34(40(38,39)29-20-12-17-24-14-9-10-18-26(24)29)22-28(36)30-31(25-15-6-5-7-16-25)33-35(32(30)37)27-19-11-8-13-23(27)2/h5-20,33H,3-4,21-22H2,1-2H3. The molecular formula is C32H31N3O4S. The maximum Gasteiger partial charge on any atom is 0.282 e. The van der Waals surface area contributed by atoms with E-state index in [4.69, 9.17) is 0 Å². The topological polar surface area (TPSA) is 92.2 Å². The Morgan fingerprint density at radius 2 is 1.55 bits per heavy atom. The van der Waals surface area contributed by atoms with Gasteiger partial charge in [0, 0.05) is 17.5 Å². The molecule has 0 atom stereocenters. The number of hydrogen-bond donors (Lipinski definition) is 1. The summed E-state index contributed by atoms with van der Waals surface area (Å²) < 4.78 is 30.6. The highest BCUT2D eigenvalue weighted by Gasteiger charge is 2.31. The third kappa shape index (κ3) is 5.15. The lowest BCUT2D eigenvalue weighted by molar-refractivity contribution is 0.0965. The first-order chi connectivity index (χ1) is 19.3. The molecule has 0 radical (unpaired) electrons. The molecule has 4 aromatic carbocycles. The van der Waals surface area contributed by atoms with E-state index in [0.717, 1.165) is 17.4 Å². The van der Waals surface area contributed by atoms with Crippen LogP contribution in [0.3, 0.4) is 0 Å². The Hall–Kier alpha value is -4.27. The van der Waals surface area contributed by atoms with Gasteiger partial charge in [0.25, 0.3) is 5.56 Å². The van der Waals surface area contributed by atoms with Gasteiger partial charge in [-0.1, -0.05) is 98.3 Å². The predicted molar refractivity (Wildman–Crippen MR) is 159 cm³/mol. The number of para-hydroxylation sites is 1. The summed E-state index contributed by atoms with van der Waals surface area (Å²) in [6, 6.07) is 28.9. The molecule has 1 aromatic heterocycles. The van der Waals surface area contributed by atoms with Crippen LogP contribution in [0.1, 0.15) is 35.7 Å². The van der Waals surface area contributed by atoms with Crippen LogP contribution in [0.2, 0.25) is 0 Å². The molecule has 0 fully saturated rings. The first-order valence-corrected chi connectivity index (χ1v) is 14.7. The van der Waals surface area contributed by atoms with Gasteiger partial charge in [-0.2, -0.15) is 4.31 Å². The highest BCUT2D eigenvalue weighted by Crippen LogP contribution is 2.27. The van der Waals surface area contributed by atoms with Gasteiger partial charge in [-0.15, -0.1) is 0 Å². The lowest BCUT2D eigenvalue weighted by atomic mass is 10.0. The number of ketones is 1. The van der Waals surface area contributed by atoms with Crippen molar-refractivity contribution in [2.75, 3.05) is 13.1 Å². The molecule has 0 amide bonds. The molecule has 0 aliphatic rings. The fourth-order valence-corrected chi connectivity index (χ4v) is 6.56. The van der Waals surface area contributed by atoms with Crippen molar-refractivity contribution in [3.63, 3.8) is 0 Å². The number of aromatic nitrogens is 2. The molecule has 0 saturated heterocycles. The summed E-state index contributed by atoms with van der Waals surface area (Å²) in [5.41, 5.74) is 1.91. The molecule has 1 heterocycles. The summed E-state index contributed by atoms with van der Waals surface area (Å²) in [6.45, 7) is 3.55. The van der Waals surface area contributed by atoms with E-state index in [-0.39, 0.29) is 17.0 Å². The highest BCUT2D eigenvalue weighted by atomic mass is 32.2. The summed E-state index contributed by atoms with van der Waals surface area (Å²) in [5.74, 6) is -0.563. The number of nitrogens with zero attached hydrogens (tertiary/aromatic N) is 2. The maximum absolute atomic E-state index is 14.0. The van der Waals surface area contributed by atoms with Gasteiger partial charge >= 0.3 is 0 Å². The van der Waals surface area contributed by atoms with E-state index in [2.05, 4.69) is 5.10 Å². The molecule has 7 nitrogen and oxygen atoms in total. The fraction of sp³-hybridized carbons (Fsp3) is 0.188. The molecule has 0 saturated carbocycles. The van der Waals surface area contributed by atoms with E-state index >= 15 is 0 Å². The van der Waals surface area contributed by atoms with Crippen molar-refractivity contribution in [1.82, 2.24) is 14.1 Å². The average molecular weight is 554 g/mol. The van der Waals surface area contributed by atoms with Gasteiger partial charge in [-0.25, -0.2) is 13.1 Å². The van der Waals surface area contributed by atoms with Gasteiger partial charge in [0.15, 0.2) is 5.78 Å². The summed E-state index contributed by atoms with van der Waals surface area (Å²) >= 11 is 0. The van der Waals surface area contributed by atoms with Crippen LogP contribution >= 0.6 is 0 Å². The Labute approximate surface area is 233 Å². The normalized spacial score (nSPS) is 11.8. The van der Waals surface area contributed by atoms with E-state index in [1.165, 1.54) is 8.99 Å². The second-order valence-electron chi connectivity index (χ2n) is 9.75. The maximum atomic E-state index is 14.0. The van der Waals surface area contributed by atoms with Crippen LogP contribution in [0, 0.1) is 6.92 Å². The summed E-state index contributed by atoms with van der Waals surface area (Å²) in [4.78, 5) is 27.9. The van der Waals surface area contributed by atoms with Crippen molar-refractivity contribution >= 4 is 26.6 Å². The number of fused-ring (bicyclic) bond motifs is 1. The monoisotopic (exact) mass is 553 g/mol. The average Bonchev–Trinajstić information content (AvgIpc) is 3.32. The molecule has 40 heavy (non-hydrogen) atoms. The van der Waals surface area contributed by atoms with Gasteiger partial charge in [0.05, 0.1) is 22.8 Å². The Bertz CT molecular complexity index is 1830. The van der Waals surface area contributed by atoms with Gasteiger partial charge in [0.1, 0.15) is 5.56 Å². The third-order valence-corrected chi connectivity index (χ3v) is 8.94. The minimum absolute atomic E-state index is 0.0657. The van der Waals surface area contributed by atoms with Crippen molar-refractivity contribution in [3.05, 3.63) is 119 Å². The largest absolute Gasteiger partial charge is 0.292 e. The minimum Gasteiger partial charge on any atom is -0.292 e. The zero-order valence-electron chi connectivity index (χ0n) is 22.5. The number of sulfonamides is 1. The van der Waals surface area contributed by atoms with Crippen molar-refractivity contribution in [2.24, 2.45) is 0 Å². The zero-order chi connectivity index (χ0) is 28.3. The second-order valence-corrected chi connectivity index (χ2v) is 11.7. The van der Waals surface area contributed by atoms with Crippen molar-refractivity contribution in [1.29, 1.82) is 0 Å². The molecule has 8 heteroatoms. The number of aryl methyl sites for hydroxylation is 1. The van der Waals surface area contributed by atoms with Crippen LogP contribution in [0.4, 0.5) is 0 Å². The first-order valence-electron chi connectivity index (χ1n) is 13.3. The molecule has 0 spiro atoms. The van der Waals surface area contributed by atoms with E-state index < -0.39 is 27.9 Å². The number of hydrogen-bond acceptors (Lipinski definition) is 4. The van der Waals surface area contributed by atoms with E-state index in [9.17, 15) is 18.0 Å². The Morgan fingerprint density at radius 3 is 2.30 bits per heavy atom. The van der Waals surface area contributed by atoms with Crippen LogP contribution < -0.4 is 5.56 Å². The van der Waals surface area contributed by atoms with Crippen LogP contribution in [0.5, 0.6) is 0 Å². The molecule has 0 bridgehead atoms. The highest BCUT2D eigenvalue weighted by molar-refractivity contribution is 7.89. The van der Waals surface area contributed by atoms with Gasteiger partial charge in [0.2, 0.25) is 10.0 Å². The van der Waals surface area contributed by atoms with Crippen LogP contribution in [0.25, 0.3) is 27.7 Å². The zero-order valence-corrected chi connectivity index (χ0v) is 23.3. The van der Waals surface area contributed by atoms with E-state index in [1.807, 2.05) is 80.6 Å². The first kappa shape index (κ1) is 27.3. The molecule has 0 aliphatic carbocycles. The number of carbonyl (C=O) groups excluding carboxylic acids is 1. The lowest BCUT2D eigenvalue weighted by Crippen LogP contribution is -2.38. The van der Waals surface area contributed by atoms with E-state index in [1.54, 1.807) is 30.3 Å². The minimum atomic E-state index is -4.05. The summed E-state index contributed by atoms with van der Waals surface area (Å²) in [5, 5.41) is 4.52. The Morgan fingerprint density at radius 1 is 0.875 bits per heavy atom. The number of benzene rings is 4. The smallest absolute Gasteiger partial charge is 0.282 e. The number of unbranched alkanes of at least 4 members (excludes halogenated alkanes) is 1. The molecule has 5 aromatic rings. The van der Waals surface area contributed by atoms with Gasteiger partial charge < -0.3 is 0 Å². The number of Topliss-reactive ketones (excluding diaryl/α,β-unsaturated/α-hetero) is 1. The second kappa shape index (κ2) is 11.5. The van der Waals surface area contributed by atoms with Crippen LogP contribution in [-0.2, 0) is 10.0 Å². The van der Waals surface area contributed by atoms with E-state index in [0.29, 0.717) is 28.8 Å². The predicted octanol–water partition coefficient (Wildman–Crippen LogP) is 5.97. The Balaban J connectivity index is 1.61. The number of aromatic amines is 1. The number of carbonyl (C=O) groups is 1. The molecule has 5 rings (SSSR count). The van der Waals surface area contributed by atoms with Gasteiger partial charge in [-0.3, -0.25) is 14.7 Å². The number of H-pyrrole nitrogens is 1. The Kier molecular flexibility index (Phi) is 7.82. The number of nitrogens with one attached hydrogen (secondary N) is 1. The van der Waals surface area contributed by atoms with Crippen LogP contribution in [0.15, 0.2) is 107 Å². The molecule has 0 aliphatic heterocycles. The molecular weight excluding hydrogens is 522 g/mol. The summed E-state index contributed by atoms with van der Waals surface area (Å²) in [6.07, 6.45) is 1.32. The molecule has 1 N–H and O–H groups in total. The molecule has 204 valence electrons.